The highest BCUT2D eigenvalue weighted by Crippen LogP contribution is 2.30. The molecule has 2 aromatic heterocycles. The Hall–Kier alpha value is -12.0. The summed E-state index contributed by atoms with van der Waals surface area (Å²) in [5, 5.41) is 35.6. The molecule has 0 bridgehead atoms. The van der Waals surface area contributed by atoms with E-state index in [0.29, 0.717) is 94.8 Å². The first-order valence-corrected chi connectivity index (χ1v) is 48.1. The SMILES string of the molecule is CCCC[C@H]1C(=O)N(C)[C@@H](CCCC)C(=O)N[C@@H](CCCN)C(=O)N[C@H](C(=O)CCC(N)=O)CSCC(=O)N[C@@H](Cc2ccc(OC)cc2)C(=O)N(C)[C@@H](C)C(=O)N[C@@H](CCN)C(=O)N2CCC[C@H]2C(=O)N[C@@H](CC2=CN=CC2)C(=O)N[C@@H](CCCCN)C(=O)N2C[C@H](O)C[C@H]2C(=O)N[C@@H](Cc2c[nH]c3ccccc23)C(=O)C[C@@H](CCN)C(=O)N[C@@H](Cc2c[nH]c3ccccc23)C(=O)N1C. The van der Waals surface area contributed by atoms with Gasteiger partial charge in [-0.3, -0.25) is 81.7 Å². The van der Waals surface area contributed by atoms with Crippen LogP contribution in [0.25, 0.3) is 21.8 Å². The number of Topliss-reactive ketones (excluding diaryl/α,β-unsaturated/α-hetero) is 2. The molecule has 3 fully saturated rings. The summed E-state index contributed by atoms with van der Waals surface area (Å²) in [7, 11) is 5.62. The zero-order valence-corrected chi connectivity index (χ0v) is 79.2. The van der Waals surface area contributed by atoms with E-state index in [9.17, 15) is 43.5 Å². The molecule has 0 unspecified atom stereocenters. The Balaban J connectivity index is 1.10. The third-order valence-electron chi connectivity index (χ3n) is 25.6. The number of carbonyl (C=O) groups excluding carboxylic acids is 16. The lowest BCUT2D eigenvalue weighted by atomic mass is 9.91. The van der Waals surface area contributed by atoms with Crippen LogP contribution in [0.4, 0.5) is 0 Å². The molecule has 39 nitrogen and oxygen atoms in total. The number of ketones is 2. The number of nitrogens with one attached hydrogen (secondary N) is 10. The summed E-state index contributed by atoms with van der Waals surface area (Å²) in [6, 6.07) is 3.14. The molecule has 0 saturated carbocycles. The van der Waals surface area contributed by atoms with Crippen LogP contribution in [0.2, 0.25) is 0 Å². The minimum absolute atomic E-state index is 0.0224. The number of hydrogen-bond donors (Lipinski definition) is 16. The number of ether oxygens (including phenoxy) is 1. The average molecular weight is 1890 g/mol. The summed E-state index contributed by atoms with van der Waals surface area (Å²) in [4.78, 5) is 256. The number of nitrogens with two attached hydrogens (primary N) is 5. The predicted octanol–water partition coefficient (Wildman–Crippen LogP) is 0.869. The molecule has 15 atom stereocenters. The first-order chi connectivity index (χ1) is 64.8. The van der Waals surface area contributed by atoms with E-state index >= 15 is 38.4 Å². The maximum absolute atomic E-state index is 15.9. The van der Waals surface area contributed by atoms with Gasteiger partial charge in [0.25, 0.3) is 0 Å². The molecule has 3 saturated heterocycles. The molecule has 4 aliphatic heterocycles. The van der Waals surface area contributed by atoms with E-state index in [2.05, 4.69) is 57.5 Å². The topological polar surface area (TPSA) is 589 Å². The Morgan fingerprint density at radius 2 is 1.07 bits per heavy atom. The average Bonchev–Trinajstić information content (AvgIpc) is 1.46. The van der Waals surface area contributed by atoms with Gasteiger partial charge in [0, 0.05) is 144 Å². The van der Waals surface area contributed by atoms with Crippen molar-refractivity contribution in [3.63, 3.8) is 0 Å². The summed E-state index contributed by atoms with van der Waals surface area (Å²) in [6.07, 6.45) is 5.94. The molecule has 6 heterocycles. The van der Waals surface area contributed by atoms with Gasteiger partial charge in [0.15, 0.2) is 11.6 Å². The van der Waals surface area contributed by atoms with E-state index in [1.54, 1.807) is 55.0 Å². The second-order valence-corrected chi connectivity index (χ2v) is 36.4. The van der Waals surface area contributed by atoms with Crippen LogP contribution in [0, 0.1) is 5.92 Å². The van der Waals surface area contributed by atoms with Crippen molar-refractivity contribution in [2.75, 3.05) is 79.0 Å². The lowest BCUT2D eigenvalue weighted by Gasteiger charge is -2.36. The predicted molar refractivity (Wildman–Crippen MR) is 510 cm³/mol. The number of fused-ring (bicyclic) bond motifs is 4. The number of benzene rings is 3. The minimum Gasteiger partial charge on any atom is -0.497 e. The number of unbranched alkanes of at least 4 members (excludes halogenated alkanes) is 3. The molecule has 135 heavy (non-hydrogen) atoms. The zero-order chi connectivity index (χ0) is 98.1. The summed E-state index contributed by atoms with van der Waals surface area (Å²) in [5.41, 5.74) is 33.8. The molecule has 9 rings (SSSR count). The molecule has 4 aliphatic rings. The van der Waals surface area contributed by atoms with Gasteiger partial charge >= 0.3 is 0 Å². The largest absolute Gasteiger partial charge is 0.497 e. The third kappa shape index (κ3) is 29.8. The number of carbonyl (C=O) groups is 16. The number of amides is 14. The van der Waals surface area contributed by atoms with Gasteiger partial charge in [-0.15, -0.1) is 11.8 Å². The second kappa shape index (κ2) is 52.8. The monoisotopic (exact) mass is 1890 g/mol. The summed E-state index contributed by atoms with van der Waals surface area (Å²) in [5.74, 6) is -13.9. The van der Waals surface area contributed by atoms with E-state index in [4.69, 9.17) is 33.4 Å². The van der Waals surface area contributed by atoms with Crippen LogP contribution in [0.5, 0.6) is 5.75 Å². The van der Waals surface area contributed by atoms with Gasteiger partial charge in [-0.1, -0.05) is 88.1 Å². The van der Waals surface area contributed by atoms with E-state index in [-0.39, 0.29) is 128 Å². The van der Waals surface area contributed by atoms with Gasteiger partial charge < -0.3 is 116 Å². The number of hydrogen-bond acceptors (Lipinski definition) is 24. The normalized spacial score (nSPS) is 25.3. The number of thioether (sulfide) groups is 1. The molecule has 40 heteroatoms. The van der Waals surface area contributed by atoms with Crippen LogP contribution >= 0.6 is 11.8 Å². The molecule has 5 aromatic rings. The van der Waals surface area contributed by atoms with Crippen molar-refractivity contribution in [1.29, 1.82) is 0 Å². The lowest BCUT2D eigenvalue weighted by molar-refractivity contribution is -0.149. The van der Waals surface area contributed by atoms with Gasteiger partial charge in [0.05, 0.1) is 31.1 Å². The highest BCUT2D eigenvalue weighted by atomic mass is 32.2. The number of aromatic nitrogens is 2. The number of likely N-dealkylation sites (N-methyl/N-ethyl adjacent to an activating group) is 3. The van der Waals surface area contributed by atoms with E-state index in [1.807, 2.05) is 50.2 Å². The van der Waals surface area contributed by atoms with E-state index in [1.165, 1.54) is 56.1 Å². The molecular weight excluding hydrogens is 1760 g/mol. The number of para-hydroxylation sites is 2. The maximum atomic E-state index is 15.9. The molecule has 21 N–H and O–H groups in total. The van der Waals surface area contributed by atoms with Gasteiger partial charge in [-0.05, 0) is 157 Å². The van der Waals surface area contributed by atoms with Crippen molar-refractivity contribution >= 4 is 134 Å². The van der Waals surface area contributed by atoms with Crippen molar-refractivity contribution in [1.82, 2.24) is 77.0 Å². The molecule has 736 valence electrons. The van der Waals surface area contributed by atoms with Gasteiger partial charge in [-0.2, -0.15) is 0 Å². The smallest absolute Gasteiger partial charge is 0.245 e. The molecule has 14 amide bonds. The zero-order valence-electron chi connectivity index (χ0n) is 78.4. The molecule has 0 spiro atoms. The Kier molecular flexibility index (Phi) is 41.7. The first kappa shape index (κ1) is 107. The fourth-order valence-electron chi connectivity index (χ4n) is 17.6. The highest BCUT2D eigenvalue weighted by molar-refractivity contribution is 8.00. The van der Waals surface area contributed by atoms with Crippen molar-refractivity contribution < 1.29 is 86.6 Å². The Labute approximate surface area is 791 Å². The van der Waals surface area contributed by atoms with Crippen LogP contribution in [-0.4, -0.2) is 304 Å². The number of methoxy groups -OCH3 is 1. The molecular formula is C95H137N21O18S. The quantitative estimate of drug-likeness (QED) is 0.0284. The van der Waals surface area contributed by atoms with Gasteiger partial charge in [0.1, 0.15) is 72.2 Å². The number of primary amides is 1. The first-order valence-electron chi connectivity index (χ1n) is 46.9. The Bertz CT molecular complexity index is 5020. The van der Waals surface area contributed by atoms with Gasteiger partial charge in [-0.25, -0.2) is 0 Å². The van der Waals surface area contributed by atoms with E-state index < -0.39 is 216 Å². The van der Waals surface area contributed by atoms with Crippen LogP contribution in [0.15, 0.2) is 102 Å². The van der Waals surface area contributed by atoms with E-state index in [0.717, 1.165) is 21.6 Å². The fraction of sp³-hybridized carbons (Fsp3) is 0.568. The lowest BCUT2D eigenvalue weighted by Crippen LogP contribution is -2.60. The highest BCUT2D eigenvalue weighted by Gasteiger charge is 2.47. The van der Waals surface area contributed by atoms with Crippen molar-refractivity contribution in [2.45, 2.75) is 260 Å². The maximum Gasteiger partial charge on any atom is 0.245 e. The number of H-pyrrole nitrogens is 2. The van der Waals surface area contributed by atoms with Crippen LogP contribution in [0.3, 0.4) is 0 Å². The Morgan fingerprint density at radius 3 is 1.70 bits per heavy atom. The molecule has 0 radical (unpaired) electrons. The number of aliphatic hydroxyl groups excluding tert-OH is 1. The van der Waals surface area contributed by atoms with Crippen LogP contribution in [0.1, 0.15) is 172 Å². The third-order valence-corrected chi connectivity index (χ3v) is 26.6. The number of aliphatic hydroxyl groups is 1. The number of aromatic amines is 2. The van der Waals surface area contributed by atoms with Crippen molar-refractivity contribution in [3.8, 4) is 5.75 Å². The summed E-state index contributed by atoms with van der Waals surface area (Å²) < 4.78 is 5.38. The molecule has 0 aliphatic carbocycles. The number of aliphatic imine (C=N–C) groups is 1. The van der Waals surface area contributed by atoms with Gasteiger partial charge in [0.2, 0.25) is 82.7 Å². The van der Waals surface area contributed by atoms with Crippen molar-refractivity contribution in [3.05, 3.63) is 114 Å². The second-order valence-electron chi connectivity index (χ2n) is 35.4. The summed E-state index contributed by atoms with van der Waals surface area (Å²) in [6.45, 7) is 4.73. The number of nitrogens with zero attached hydrogens (tertiary/aromatic N) is 6. The van der Waals surface area contributed by atoms with Crippen LogP contribution in [-0.2, 0) is 96.0 Å². The number of rotatable bonds is 30. The van der Waals surface area contributed by atoms with Crippen molar-refractivity contribution in [2.24, 2.45) is 39.6 Å². The minimum atomic E-state index is -1.47. The molecule has 3 aromatic carbocycles. The summed E-state index contributed by atoms with van der Waals surface area (Å²) >= 11 is 0.877. The fourth-order valence-corrected chi connectivity index (χ4v) is 18.5. The Morgan fingerprint density at radius 1 is 0.519 bits per heavy atom. The van der Waals surface area contributed by atoms with Crippen LogP contribution < -0.4 is 75.9 Å². The standard InChI is InChI=1S/C95H137N21O18S/c1-8-10-26-76-88(126)105-68(25-18-39-97)86(124)111-75(80(118)33-34-82(100)120)54-135-55-83(121)104-73(44-57-29-31-63(134-7)32-30-57)91(129)112(4)56(3)84(122)106-70(36-41-99)93(131)115-43-19-28-77(115)89(127)109-72(45-58-37-42-101-50-58)87(125)107-69(24-16-17-38-96)94(132)116-53-62(117)49-79(116)90(128)108-71(46-60-51-102-66-22-14-12-20-64(60)66)81(119)48-59(35-40-98)85(123)110-74(47-61-52-103-67-23-15-13-21-65(61)67)92(130)114(6)78(27-11-9-2)95(133)113(76)5/h12-15,20-23,29-32,42,50-52,56,59,62,68-79,102-103,117H,8-11,16-19,24-28,33-41,43-49,53-55,96-99H2,1-7H3,(H2,100,120)(H,104,121)(H,105,126)(H,106,122)(H,107,125)(H,108,128)(H,109,127)(H,110,123)(H,111,124)/t56-,59+,62+,68-,69-,70-,71-,72-,73-,74-,75-,76-,77-,78-,79-/m0/s1.